The molecule has 0 saturated heterocycles. The molecule has 0 N–H and O–H groups in total. The average molecular weight is 647 g/mol. The third-order valence-electron chi connectivity index (χ3n) is 9.66. The van der Waals surface area contributed by atoms with E-state index in [0.29, 0.717) is 5.89 Å². The van der Waals surface area contributed by atoms with Crippen molar-refractivity contribution in [3.05, 3.63) is 152 Å². The molecule has 4 heteroatoms. The van der Waals surface area contributed by atoms with Gasteiger partial charge in [-0.2, -0.15) is 0 Å². The molecule has 0 aliphatic carbocycles. The lowest BCUT2D eigenvalue weighted by Crippen LogP contribution is -2.37. The van der Waals surface area contributed by atoms with Gasteiger partial charge in [0.05, 0.1) is 19.3 Å². The van der Waals surface area contributed by atoms with Crippen LogP contribution in [0.25, 0.3) is 88.5 Å². The molecule has 0 aliphatic heterocycles. The van der Waals surface area contributed by atoms with E-state index < -0.39 is 8.07 Å². The van der Waals surface area contributed by atoms with E-state index in [-0.39, 0.29) is 0 Å². The van der Waals surface area contributed by atoms with Crippen LogP contribution in [0.2, 0.25) is 19.6 Å². The zero-order valence-corrected chi connectivity index (χ0v) is 28.7. The SMILES string of the molecule is C[Si](C)(C)c1ccc(-c2nc3cc(-c4ccc5cc(-c6ccc(-c7nc8ccccc8o7)cc6)ccc5c4)ccc3c3ccccc23)cc1. The topological polar surface area (TPSA) is 38.9 Å². The number of oxazole rings is 1. The van der Waals surface area contributed by atoms with Crippen molar-refractivity contribution in [1.29, 1.82) is 0 Å². The third kappa shape index (κ3) is 5.31. The Morgan fingerprint density at radius 2 is 1.00 bits per heavy atom. The molecular weight excluding hydrogens is 613 g/mol. The molecule has 0 amide bonds. The van der Waals surface area contributed by atoms with E-state index in [9.17, 15) is 0 Å². The summed E-state index contributed by atoms with van der Waals surface area (Å²) in [7, 11) is -1.38. The van der Waals surface area contributed by atoms with Gasteiger partial charge in [-0.15, -0.1) is 0 Å². The summed E-state index contributed by atoms with van der Waals surface area (Å²) in [5, 5.41) is 7.47. The second kappa shape index (κ2) is 11.4. The molecule has 3 nitrogen and oxygen atoms in total. The number of benzene rings is 7. The van der Waals surface area contributed by atoms with Crippen molar-refractivity contribution < 1.29 is 4.42 Å². The van der Waals surface area contributed by atoms with Crippen LogP contribution in [-0.2, 0) is 0 Å². The minimum Gasteiger partial charge on any atom is -0.436 e. The molecule has 0 saturated carbocycles. The molecule has 2 aromatic heterocycles. The first kappa shape index (κ1) is 29.3. The summed E-state index contributed by atoms with van der Waals surface area (Å²) in [6, 6.07) is 54.2. The highest BCUT2D eigenvalue weighted by Crippen LogP contribution is 2.36. The molecular formula is C45H34N2OSi. The summed E-state index contributed by atoms with van der Waals surface area (Å²) < 4.78 is 5.97. The van der Waals surface area contributed by atoms with Crippen LogP contribution in [0.4, 0.5) is 0 Å². The van der Waals surface area contributed by atoms with Crippen LogP contribution in [0.1, 0.15) is 0 Å². The van der Waals surface area contributed by atoms with Crippen LogP contribution < -0.4 is 5.19 Å². The van der Waals surface area contributed by atoms with E-state index in [4.69, 9.17) is 9.40 Å². The van der Waals surface area contributed by atoms with Crippen molar-refractivity contribution in [2.75, 3.05) is 0 Å². The second-order valence-corrected chi connectivity index (χ2v) is 19.0. The van der Waals surface area contributed by atoms with Gasteiger partial charge in [0.1, 0.15) is 5.52 Å². The Balaban J connectivity index is 1.05. The molecule has 2 heterocycles. The zero-order valence-electron chi connectivity index (χ0n) is 27.7. The summed E-state index contributed by atoms with van der Waals surface area (Å²) in [5.41, 5.74) is 10.5. The molecule has 9 aromatic rings. The van der Waals surface area contributed by atoms with Gasteiger partial charge in [-0.05, 0) is 80.9 Å². The molecule has 9 rings (SSSR count). The smallest absolute Gasteiger partial charge is 0.227 e. The van der Waals surface area contributed by atoms with Gasteiger partial charge in [-0.25, -0.2) is 9.97 Å². The van der Waals surface area contributed by atoms with Crippen molar-refractivity contribution in [2.24, 2.45) is 0 Å². The summed E-state index contributed by atoms with van der Waals surface area (Å²) in [5.74, 6) is 0.642. The number of hydrogen-bond acceptors (Lipinski definition) is 3. The maximum Gasteiger partial charge on any atom is 0.227 e. The first-order chi connectivity index (χ1) is 23.9. The molecule has 0 radical (unpaired) electrons. The highest BCUT2D eigenvalue weighted by Gasteiger charge is 2.17. The monoisotopic (exact) mass is 646 g/mol. The quantitative estimate of drug-likeness (QED) is 0.138. The van der Waals surface area contributed by atoms with Gasteiger partial charge in [0, 0.05) is 21.9 Å². The Morgan fingerprint density at radius 3 is 1.71 bits per heavy atom. The maximum atomic E-state index is 5.97. The number of hydrogen-bond donors (Lipinski definition) is 0. The molecule has 49 heavy (non-hydrogen) atoms. The Kier molecular flexibility index (Phi) is 6.82. The van der Waals surface area contributed by atoms with E-state index in [1.165, 1.54) is 43.2 Å². The van der Waals surface area contributed by atoms with Crippen molar-refractivity contribution >= 4 is 56.8 Å². The van der Waals surface area contributed by atoms with E-state index in [2.05, 4.69) is 152 Å². The predicted octanol–water partition coefficient (Wildman–Crippen LogP) is 11.9. The van der Waals surface area contributed by atoms with Crippen molar-refractivity contribution in [1.82, 2.24) is 9.97 Å². The highest BCUT2D eigenvalue weighted by atomic mass is 28.3. The number of fused-ring (bicyclic) bond motifs is 5. The van der Waals surface area contributed by atoms with E-state index in [1.54, 1.807) is 0 Å². The zero-order chi connectivity index (χ0) is 33.1. The van der Waals surface area contributed by atoms with Gasteiger partial charge in [-0.3, -0.25) is 0 Å². The van der Waals surface area contributed by atoms with E-state index in [0.717, 1.165) is 44.6 Å². The van der Waals surface area contributed by atoms with Crippen LogP contribution >= 0.6 is 0 Å². The summed E-state index contributed by atoms with van der Waals surface area (Å²) in [6.45, 7) is 7.17. The fourth-order valence-electron chi connectivity index (χ4n) is 6.89. The Morgan fingerprint density at radius 1 is 0.429 bits per heavy atom. The number of aromatic nitrogens is 2. The predicted molar refractivity (Wildman–Crippen MR) is 209 cm³/mol. The van der Waals surface area contributed by atoms with Crippen LogP contribution in [0, 0.1) is 0 Å². The number of nitrogens with zero attached hydrogens (tertiary/aromatic N) is 2. The molecule has 0 bridgehead atoms. The number of para-hydroxylation sites is 2. The standard InChI is InChI=1S/C45H34N2OSi/c1-49(2,3)37-23-20-30(21-24-37)44-40-9-5-4-8-38(40)39-25-22-36(28-42(39)46-44)35-19-18-33-26-32(16-17-34(33)27-35)29-12-14-31(15-13-29)45-47-41-10-6-7-11-43(41)48-45/h4-28H,1-3H3. The van der Waals surface area contributed by atoms with E-state index in [1.807, 2.05) is 24.3 Å². The second-order valence-electron chi connectivity index (χ2n) is 13.9. The Labute approximate surface area is 286 Å². The highest BCUT2D eigenvalue weighted by molar-refractivity contribution is 6.88. The first-order valence-corrected chi connectivity index (χ1v) is 20.3. The van der Waals surface area contributed by atoms with Crippen molar-refractivity contribution in [3.8, 4) is 45.0 Å². The summed E-state index contributed by atoms with van der Waals surface area (Å²) in [6.07, 6.45) is 0. The van der Waals surface area contributed by atoms with E-state index >= 15 is 0 Å². The molecule has 234 valence electrons. The molecule has 0 aliphatic rings. The third-order valence-corrected chi connectivity index (χ3v) is 11.7. The molecule has 0 fully saturated rings. The van der Waals surface area contributed by atoms with Crippen LogP contribution in [0.3, 0.4) is 0 Å². The lowest BCUT2D eigenvalue weighted by molar-refractivity contribution is 0.620. The van der Waals surface area contributed by atoms with Gasteiger partial charge >= 0.3 is 0 Å². The minimum atomic E-state index is -1.38. The normalized spacial score (nSPS) is 12.0. The van der Waals surface area contributed by atoms with Crippen molar-refractivity contribution in [2.45, 2.75) is 19.6 Å². The lowest BCUT2D eigenvalue weighted by atomic mass is 9.95. The number of pyridine rings is 1. The minimum absolute atomic E-state index is 0.642. The molecule has 0 atom stereocenters. The van der Waals surface area contributed by atoms with Crippen LogP contribution in [0.5, 0.6) is 0 Å². The molecule has 0 unspecified atom stereocenters. The van der Waals surface area contributed by atoms with Gasteiger partial charge < -0.3 is 4.42 Å². The van der Waals surface area contributed by atoms with Crippen LogP contribution in [-0.4, -0.2) is 18.0 Å². The largest absolute Gasteiger partial charge is 0.436 e. The van der Waals surface area contributed by atoms with Gasteiger partial charge in [0.2, 0.25) is 5.89 Å². The lowest BCUT2D eigenvalue weighted by Gasteiger charge is -2.17. The summed E-state index contributed by atoms with van der Waals surface area (Å²) >= 11 is 0. The summed E-state index contributed by atoms with van der Waals surface area (Å²) in [4.78, 5) is 9.95. The first-order valence-electron chi connectivity index (χ1n) is 16.8. The maximum absolute atomic E-state index is 5.97. The fourth-order valence-corrected chi connectivity index (χ4v) is 8.06. The molecule has 0 spiro atoms. The van der Waals surface area contributed by atoms with Crippen LogP contribution in [0.15, 0.2) is 156 Å². The number of rotatable bonds is 5. The van der Waals surface area contributed by atoms with Gasteiger partial charge in [-0.1, -0.05) is 134 Å². The fraction of sp³-hybridized carbons (Fsp3) is 0.0667. The Bertz CT molecular complexity index is 2650. The average Bonchev–Trinajstić information content (AvgIpc) is 3.58. The Hall–Kier alpha value is -5.84. The van der Waals surface area contributed by atoms with Crippen molar-refractivity contribution in [3.63, 3.8) is 0 Å². The molecule has 7 aromatic carbocycles. The van der Waals surface area contributed by atoms with Gasteiger partial charge in [0.25, 0.3) is 0 Å². The van der Waals surface area contributed by atoms with Gasteiger partial charge in [0.15, 0.2) is 5.58 Å².